The Balaban J connectivity index is 1.42. The van der Waals surface area contributed by atoms with E-state index in [0.717, 1.165) is 35.0 Å². The van der Waals surface area contributed by atoms with Crippen LogP contribution in [0.1, 0.15) is 57.9 Å². The minimum atomic E-state index is 0.472. The molecule has 1 aromatic rings. The first kappa shape index (κ1) is 16.4. The number of benzene rings is 1. The maximum Gasteiger partial charge on any atom is 0.171 e. The quantitative estimate of drug-likeness (QED) is 0.741. The average Bonchev–Trinajstić information content (AvgIpc) is 2.54. The molecule has 4 aliphatic carbocycles. The van der Waals surface area contributed by atoms with E-state index in [1.807, 2.05) is 0 Å². The van der Waals surface area contributed by atoms with Gasteiger partial charge in [0.05, 0.1) is 0 Å². The molecule has 4 saturated carbocycles. The van der Waals surface area contributed by atoms with Crippen molar-refractivity contribution in [2.45, 2.75) is 64.8 Å². The molecular formula is C21H30N2S. The van der Waals surface area contributed by atoms with Crippen LogP contribution in [0.25, 0.3) is 0 Å². The Hall–Kier alpha value is -1.09. The predicted molar refractivity (Wildman–Crippen MR) is 105 cm³/mol. The third-order valence-electron chi connectivity index (χ3n) is 7.00. The summed E-state index contributed by atoms with van der Waals surface area (Å²) in [5.41, 5.74) is 2.96. The summed E-state index contributed by atoms with van der Waals surface area (Å²) >= 11 is 5.65. The van der Waals surface area contributed by atoms with Gasteiger partial charge in [-0.25, -0.2) is 0 Å². The zero-order valence-corrected chi connectivity index (χ0v) is 15.8. The Kier molecular flexibility index (Phi) is 4.32. The first-order valence-electron chi connectivity index (χ1n) is 9.73. The molecule has 130 valence electrons. The maximum absolute atomic E-state index is 5.65. The normalized spacial score (nSPS) is 34.8. The Labute approximate surface area is 151 Å². The van der Waals surface area contributed by atoms with Gasteiger partial charge < -0.3 is 10.6 Å². The predicted octanol–water partition coefficient (Wildman–Crippen LogP) is 5.14. The highest BCUT2D eigenvalue weighted by molar-refractivity contribution is 7.80. The lowest BCUT2D eigenvalue weighted by Crippen LogP contribution is -2.56. The number of nitrogens with one attached hydrogen (secondary N) is 2. The van der Waals surface area contributed by atoms with Gasteiger partial charge in [-0.3, -0.25) is 0 Å². The average molecular weight is 343 g/mol. The largest absolute Gasteiger partial charge is 0.359 e. The van der Waals surface area contributed by atoms with Crippen LogP contribution in [0.4, 0.5) is 5.69 Å². The third-order valence-corrected chi connectivity index (χ3v) is 7.22. The van der Waals surface area contributed by atoms with Crippen molar-refractivity contribution in [3.8, 4) is 0 Å². The van der Waals surface area contributed by atoms with Gasteiger partial charge in [-0.15, -0.1) is 0 Å². The number of hydrogen-bond donors (Lipinski definition) is 2. The highest BCUT2D eigenvalue weighted by atomic mass is 32.1. The molecule has 4 aliphatic rings. The molecule has 4 bridgehead atoms. The first-order chi connectivity index (χ1) is 11.6. The first-order valence-corrected chi connectivity index (χ1v) is 10.1. The summed E-state index contributed by atoms with van der Waals surface area (Å²) < 4.78 is 0. The van der Waals surface area contributed by atoms with Crippen molar-refractivity contribution in [1.82, 2.24) is 5.32 Å². The summed E-state index contributed by atoms with van der Waals surface area (Å²) in [6.07, 6.45) is 9.77. The van der Waals surface area contributed by atoms with Gasteiger partial charge >= 0.3 is 0 Å². The van der Waals surface area contributed by atoms with E-state index in [0.29, 0.717) is 11.5 Å². The standard InChI is InChI=1S/C21H30N2S/c1-3-18-6-4-5-7-19(18)23-20(24)22-14(2)21-11-15-8-16(12-21)10-17(9-15)13-21/h4-7,14-17H,3,8-13H2,1-2H3,(H2,22,23,24). The summed E-state index contributed by atoms with van der Waals surface area (Å²) in [4.78, 5) is 0. The molecule has 2 nitrogen and oxygen atoms in total. The molecule has 0 saturated heterocycles. The van der Waals surface area contributed by atoms with Crippen molar-refractivity contribution >= 4 is 23.0 Å². The van der Waals surface area contributed by atoms with Gasteiger partial charge in [0, 0.05) is 11.7 Å². The second-order valence-corrected chi connectivity index (χ2v) is 9.02. The second kappa shape index (κ2) is 6.33. The van der Waals surface area contributed by atoms with Crippen molar-refractivity contribution in [1.29, 1.82) is 0 Å². The summed E-state index contributed by atoms with van der Waals surface area (Å²) in [7, 11) is 0. The molecule has 1 atom stereocenters. The Morgan fingerprint density at radius 1 is 1.12 bits per heavy atom. The molecule has 0 aromatic heterocycles. The number of para-hydroxylation sites is 1. The van der Waals surface area contributed by atoms with Crippen LogP contribution in [-0.4, -0.2) is 11.2 Å². The topological polar surface area (TPSA) is 24.1 Å². The van der Waals surface area contributed by atoms with E-state index >= 15 is 0 Å². The fourth-order valence-corrected chi connectivity index (χ4v) is 6.45. The lowest BCUT2D eigenvalue weighted by molar-refractivity contribution is -0.0671. The van der Waals surface area contributed by atoms with Gasteiger partial charge in [0.2, 0.25) is 0 Å². The van der Waals surface area contributed by atoms with Gasteiger partial charge in [-0.05, 0) is 98.9 Å². The van der Waals surface area contributed by atoms with Crippen molar-refractivity contribution in [3.63, 3.8) is 0 Å². The van der Waals surface area contributed by atoms with Crippen LogP contribution in [0.3, 0.4) is 0 Å². The molecule has 2 N–H and O–H groups in total. The smallest absolute Gasteiger partial charge is 0.171 e. The Morgan fingerprint density at radius 2 is 1.71 bits per heavy atom. The number of aryl methyl sites for hydroxylation is 1. The second-order valence-electron chi connectivity index (χ2n) is 8.61. The van der Waals surface area contributed by atoms with Gasteiger partial charge in [0.15, 0.2) is 5.11 Å². The van der Waals surface area contributed by atoms with Crippen molar-refractivity contribution in [3.05, 3.63) is 29.8 Å². The van der Waals surface area contributed by atoms with Crippen molar-refractivity contribution in [2.24, 2.45) is 23.2 Å². The summed E-state index contributed by atoms with van der Waals surface area (Å²) in [5, 5.41) is 7.89. The van der Waals surface area contributed by atoms with Crippen LogP contribution in [0.15, 0.2) is 24.3 Å². The summed E-state index contributed by atoms with van der Waals surface area (Å²) in [6, 6.07) is 8.94. The number of thiocarbonyl (C=S) groups is 1. The molecule has 0 aliphatic heterocycles. The molecule has 3 heteroatoms. The van der Waals surface area contributed by atoms with Gasteiger partial charge in [-0.1, -0.05) is 25.1 Å². The molecule has 24 heavy (non-hydrogen) atoms. The number of hydrogen-bond acceptors (Lipinski definition) is 1. The fraction of sp³-hybridized carbons (Fsp3) is 0.667. The van der Waals surface area contributed by atoms with Crippen LogP contribution in [0.2, 0.25) is 0 Å². The monoisotopic (exact) mass is 342 g/mol. The zero-order valence-electron chi connectivity index (χ0n) is 15.0. The van der Waals surface area contributed by atoms with E-state index in [2.05, 4.69) is 48.7 Å². The molecular weight excluding hydrogens is 312 g/mol. The molecule has 4 fully saturated rings. The van der Waals surface area contributed by atoms with Crippen LogP contribution < -0.4 is 10.6 Å². The molecule has 1 unspecified atom stereocenters. The Morgan fingerprint density at radius 3 is 2.29 bits per heavy atom. The molecule has 0 radical (unpaired) electrons. The number of rotatable bonds is 4. The van der Waals surface area contributed by atoms with Crippen LogP contribution in [0, 0.1) is 23.2 Å². The van der Waals surface area contributed by atoms with Crippen molar-refractivity contribution in [2.75, 3.05) is 5.32 Å². The van der Waals surface area contributed by atoms with E-state index in [4.69, 9.17) is 12.2 Å². The summed E-state index contributed by atoms with van der Waals surface area (Å²) in [5.74, 6) is 2.97. The van der Waals surface area contributed by atoms with Crippen LogP contribution in [-0.2, 0) is 6.42 Å². The van der Waals surface area contributed by atoms with E-state index in [1.54, 1.807) is 0 Å². The highest BCUT2D eigenvalue weighted by Gasteiger charge is 2.53. The van der Waals surface area contributed by atoms with Crippen molar-refractivity contribution < 1.29 is 0 Å². The zero-order chi connectivity index (χ0) is 16.7. The molecule has 1 aromatic carbocycles. The van der Waals surface area contributed by atoms with Gasteiger partial charge in [0.1, 0.15) is 0 Å². The van der Waals surface area contributed by atoms with Crippen LogP contribution >= 0.6 is 12.2 Å². The van der Waals surface area contributed by atoms with Gasteiger partial charge in [0.25, 0.3) is 0 Å². The van der Waals surface area contributed by atoms with Gasteiger partial charge in [-0.2, -0.15) is 0 Å². The fourth-order valence-electron chi connectivity index (χ4n) is 6.17. The molecule has 0 spiro atoms. The van der Waals surface area contributed by atoms with E-state index in [-0.39, 0.29) is 0 Å². The third kappa shape index (κ3) is 2.96. The van der Waals surface area contributed by atoms with Crippen LogP contribution in [0.5, 0.6) is 0 Å². The number of anilines is 1. The molecule has 0 heterocycles. The van der Waals surface area contributed by atoms with E-state index < -0.39 is 0 Å². The minimum Gasteiger partial charge on any atom is -0.359 e. The lowest BCUT2D eigenvalue weighted by Gasteiger charge is -2.59. The minimum absolute atomic E-state index is 0.472. The Bertz CT molecular complexity index is 589. The van der Waals surface area contributed by atoms with E-state index in [1.165, 1.54) is 44.1 Å². The molecule has 5 rings (SSSR count). The maximum atomic E-state index is 5.65. The SMILES string of the molecule is CCc1ccccc1NC(=S)NC(C)C12CC3CC(CC(C3)C1)C2. The molecule has 0 amide bonds. The van der Waals surface area contributed by atoms with E-state index in [9.17, 15) is 0 Å². The summed E-state index contributed by atoms with van der Waals surface area (Å²) in [6.45, 7) is 4.56. The lowest BCUT2D eigenvalue weighted by atomic mass is 9.48. The highest BCUT2D eigenvalue weighted by Crippen LogP contribution is 2.61.